The van der Waals surface area contributed by atoms with Crippen molar-refractivity contribution in [1.82, 2.24) is 4.57 Å². The summed E-state index contributed by atoms with van der Waals surface area (Å²) in [7, 11) is 0. The Kier molecular flexibility index (Phi) is 6.17. The first kappa shape index (κ1) is 26.3. The zero-order valence-corrected chi connectivity index (χ0v) is 25.2. The van der Waals surface area contributed by atoms with Gasteiger partial charge in [-0.25, -0.2) is 0 Å². The monoisotopic (exact) mass is 586 g/mol. The minimum atomic E-state index is 1.12. The number of para-hydroxylation sites is 3. The van der Waals surface area contributed by atoms with Crippen LogP contribution >= 0.6 is 0 Å². The topological polar surface area (TPSA) is 8.17 Å². The Hall–Kier alpha value is -6.12. The van der Waals surface area contributed by atoms with Crippen LogP contribution in [0.25, 0.3) is 60.2 Å². The van der Waals surface area contributed by atoms with E-state index in [1.165, 1.54) is 54.5 Å². The summed E-state index contributed by atoms with van der Waals surface area (Å²) in [6.07, 6.45) is 0. The molecule has 9 aromatic rings. The predicted octanol–water partition coefficient (Wildman–Crippen LogP) is 12.2. The molecule has 0 aliphatic rings. The third-order valence-corrected chi connectivity index (χ3v) is 9.13. The average molecular weight is 587 g/mol. The van der Waals surface area contributed by atoms with E-state index in [1.54, 1.807) is 0 Å². The van der Waals surface area contributed by atoms with Gasteiger partial charge in [-0.2, -0.15) is 0 Å². The Labute approximate surface area is 268 Å². The maximum Gasteiger partial charge on any atom is 0.0548 e. The van der Waals surface area contributed by atoms with Crippen LogP contribution in [0.2, 0.25) is 0 Å². The van der Waals surface area contributed by atoms with Crippen molar-refractivity contribution >= 4 is 60.4 Å². The van der Waals surface area contributed by atoms with E-state index in [4.69, 9.17) is 0 Å². The normalized spacial score (nSPS) is 11.5. The molecule has 0 N–H and O–H groups in total. The highest BCUT2D eigenvalue weighted by atomic mass is 15.1. The molecule has 0 amide bonds. The van der Waals surface area contributed by atoms with Crippen LogP contribution in [-0.2, 0) is 0 Å². The quantitative estimate of drug-likeness (QED) is 0.182. The number of benzene rings is 8. The maximum atomic E-state index is 2.46. The highest BCUT2D eigenvalue weighted by molar-refractivity contribution is 6.17. The van der Waals surface area contributed by atoms with Crippen molar-refractivity contribution in [2.45, 2.75) is 0 Å². The zero-order chi connectivity index (χ0) is 30.5. The molecule has 8 aromatic carbocycles. The van der Waals surface area contributed by atoms with Crippen LogP contribution in [-0.4, -0.2) is 4.57 Å². The van der Waals surface area contributed by atoms with Gasteiger partial charge in [0.1, 0.15) is 0 Å². The highest BCUT2D eigenvalue weighted by Gasteiger charge is 2.23. The largest absolute Gasteiger partial charge is 0.309 e. The summed E-state index contributed by atoms with van der Waals surface area (Å²) < 4.78 is 2.40. The summed E-state index contributed by atoms with van der Waals surface area (Å²) in [6, 6.07) is 65.8. The molecule has 0 aliphatic heterocycles. The van der Waals surface area contributed by atoms with E-state index >= 15 is 0 Å². The molecule has 2 heteroatoms. The molecule has 2 nitrogen and oxygen atoms in total. The van der Waals surface area contributed by atoms with Crippen molar-refractivity contribution in [3.05, 3.63) is 182 Å². The minimum absolute atomic E-state index is 1.12. The van der Waals surface area contributed by atoms with Gasteiger partial charge in [0.25, 0.3) is 0 Å². The second-order valence-electron chi connectivity index (χ2n) is 11.8. The second kappa shape index (κ2) is 10.8. The molecule has 46 heavy (non-hydrogen) atoms. The average Bonchev–Trinajstić information content (AvgIpc) is 3.46. The zero-order valence-electron chi connectivity index (χ0n) is 25.2. The maximum absolute atomic E-state index is 2.46. The summed E-state index contributed by atoms with van der Waals surface area (Å²) in [5.41, 5.74) is 9.30. The van der Waals surface area contributed by atoms with Gasteiger partial charge in [0.15, 0.2) is 0 Å². The molecule has 9 rings (SSSR count). The van der Waals surface area contributed by atoms with E-state index in [0.29, 0.717) is 0 Å². The third kappa shape index (κ3) is 4.19. The number of fused-ring (bicyclic) bond motifs is 6. The summed E-state index contributed by atoms with van der Waals surface area (Å²) >= 11 is 0. The molecule has 0 radical (unpaired) electrons. The van der Waals surface area contributed by atoms with Gasteiger partial charge in [-0.15, -0.1) is 0 Å². The van der Waals surface area contributed by atoms with Gasteiger partial charge in [0, 0.05) is 33.1 Å². The summed E-state index contributed by atoms with van der Waals surface area (Å²) in [5, 5.41) is 7.41. The Morgan fingerprint density at radius 3 is 1.72 bits per heavy atom. The first-order valence-electron chi connectivity index (χ1n) is 15.8. The Balaban J connectivity index is 1.44. The fourth-order valence-electron chi connectivity index (χ4n) is 7.10. The fraction of sp³-hybridized carbons (Fsp3) is 0. The summed E-state index contributed by atoms with van der Waals surface area (Å²) in [5.74, 6) is 0. The van der Waals surface area contributed by atoms with Gasteiger partial charge in [-0.1, -0.05) is 133 Å². The van der Waals surface area contributed by atoms with E-state index in [2.05, 4.69) is 191 Å². The van der Waals surface area contributed by atoms with Crippen LogP contribution in [0, 0.1) is 0 Å². The first-order valence-corrected chi connectivity index (χ1v) is 15.8. The lowest BCUT2D eigenvalue weighted by atomic mass is 9.96. The molecule has 1 heterocycles. The van der Waals surface area contributed by atoms with Crippen molar-refractivity contribution in [2.24, 2.45) is 0 Å². The van der Waals surface area contributed by atoms with E-state index in [-0.39, 0.29) is 0 Å². The molecular formula is C44H30N2. The van der Waals surface area contributed by atoms with Crippen LogP contribution in [0.15, 0.2) is 182 Å². The number of rotatable bonds is 5. The van der Waals surface area contributed by atoms with Gasteiger partial charge >= 0.3 is 0 Å². The lowest BCUT2D eigenvalue weighted by Gasteiger charge is -2.30. The highest BCUT2D eigenvalue weighted by Crippen LogP contribution is 2.48. The Morgan fingerprint density at radius 1 is 0.370 bits per heavy atom. The number of hydrogen-bond donors (Lipinski definition) is 0. The van der Waals surface area contributed by atoms with Gasteiger partial charge in [0.2, 0.25) is 0 Å². The molecule has 1 aromatic heterocycles. The van der Waals surface area contributed by atoms with Crippen LogP contribution in [0.3, 0.4) is 0 Å². The molecule has 0 bridgehead atoms. The van der Waals surface area contributed by atoms with Crippen molar-refractivity contribution in [2.75, 3.05) is 4.90 Å². The van der Waals surface area contributed by atoms with Crippen LogP contribution in [0.1, 0.15) is 0 Å². The molecule has 0 aliphatic carbocycles. The number of anilines is 3. The lowest BCUT2D eigenvalue weighted by molar-refractivity contribution is 1.18. The van der Waals surface area contributed by atoms with Gasteiger partial charge in [0.05, 0.1) is 22.4 Å². The van der Waals surface area contributed by atoms with Gasteiger partial charge < -0.3 is 9.47 Å². The molecule has 0 fully saturated rings. The van der Waals surface area contributed by atoms with Crippen LogP contribution < -0.4 is 4.90 Å². The summed E-state index contributed by atoms with van der Waals surface area (Å²) in [4.78, 5) is 2.46. The SMILES string of the molecule is c1ccc(-c2cc3c(cc2N(c2ccccc2)c2cc4ccccc4c4ccccc24)c2ccccc2n3-c2ccccc2)cc1. The molecule has 216 valence electrons. The fourth-order valence-corrected chi connectivity index (χ4v) is 7.10. The Morgan fingerprint density at radius 2 is 0.957 bits per heavy atom. The number of hydrogen-bond acceptors (Lipinski definition) is 1. The Bertz CT molecular complexity index is 2510. The van der Waals surface area contributed by atoms with Crippen LogP contribution in [0.4, 0.5) is 17.1 Å². The second-order valence-corrected chi connectivity index (χ2v) is 11.8. The van der Waals surface area contributed by atoms with Crippen molar-refractivity contribution in [3.63, 3.8) is 0 Å². The molecule has 0 unspecified atom stereocenters. The molecule has 0 saturated carbocycles. The van der Waals surface area contributed by atoms with E-state index in [0.717, 1.165) is 22.7 Å². The van der Waals surface area contributed by atoms with E-state index < -0.39 is 0 Å². The van der Waals surface area contributed by atoms with Gasteiger partial charge in [-0.3, -0.25) is 0 Å². The third-order valence-electron chi connectivity index (χ3n) is 9.13. The van der Waals surface area contributed by atoms with Gasteiger partial charge in [-0.05, 0) is 70.3 Å². The standard InChI is InChI=1S/C44H30N2/c1-4-16-31(17-5-1)39-29-44-40(38-26-14-15-27-41(38)45(44)33-19-6-2-7-20-33)30-43(39)46(34-21-8-3-9-22-34)42-28-32-18-10-11-23-35(32)36-24-12-13-25-37(36)42/h1-30H. The van der Waals surface area contributed by atoms with Crippen molar-refractivity contribution < 1.29 is 0 Å². The van der Waals surface area contributed by atoms with Crippen LogP contribution in [0.5, 0.6) is 0 Å². The lowest BCUT2D eigenvalue weighted by Crippen LogP contribution is -2.12. The smallest absolute Gasteiger partial charge is 0.0548 e. The summed E-state index contributed by atoms with van der Waals surface area (Å²) in [6.45, 7) is 0. The van der Waals surface area contributed by atoms with E-state index in [9.17, 15) is 0 Å². The first-order chi connectivity index (χ1) is 22.8. The van der Waals surface area contributed by atoms with E-state index in [1.807, 2.05) is 0 Å². The number of aromatic nitrogens is 1. The predicted molar refractivity (Wildman–Crippen MR) is 196 cm³/mol. The van der Waals surface area contributed by atoms with Crippen molar-refractivity contribution in [1.29, 1.82) is 0 Å². The molecular weight excluding hydrogens is 556 g/mol. The molecule has 0 atom stereocenters. The number of nitrogens with zero attached hydrogens (tertiary/aromatic N) is 2. The van der Waals surface area contributed by atoms with Crippen molar-refractivity contribution in [3.8, 4) is 16.8 Å². The minimum Gasteiger partial charge on any atom is -0.309 e. The molecule has 0 spiro atoms. The molecule has 0 saturated heterocycles.